The van der Waals surface area contributed by atoms with E-state index in [0.717, 1.165) is 31.1 Å². The molecular formula is C15H24N2O2. The number of methoxy groups -OCH3 is 2. The average molecular weight is 264 g/mol. The van der Waals surface area contributed by atoms with Crippen molar-refractivity contribution in [3.05, 3.63) is 23.8 Å². The molecule has 19 heavy (non-hydrogen) atoms. The zero-order valence-corrected chi connectivity index (χ0v) is 12.6. The lowest BCUT2D eigenvalue weighted by molar-refractivity contribution is 0.0378. The molecule has 1 aliphatic heterocycles. The Kier molecular flexibility index (Phi) is 4.02. The molecule has 1 saturated heterocycles. The number of rotatable bonds is 3. The maximum atomic E-state index is 5.42. The number of hydrogen-bond donors (Lipinski definition) is 0. The predicted molar refractivity (Wildman–Crippen MR) is 77.0 cm³/mol. The van der Waals surface area contributed by atoms with Gasteiger partial charge in [-0.15, -0.1) is 0 Å². The molecule has 2 rings (SSSR count). The fraction of sp³-hybridized carbons (Fsp3) is 0.600. The second kappa shape index (κ2) is 5.39. The van der Waals surface area contributed by atoms with Gasteiger partial charge in [0.05, 0.1) is 19.8 Å². The molecule has 0 amide bonds. The highest BCUT2D eigenvalue weighted by molar-refractivity contribution is 5.45. The molecule has 1 atom stereocenters. The van der Waals surface area contributed by atoms with E-state index in [1.165, 1.54) is 5.56 Å². The first-order valence-electron chi connectivity index (χ1n) is 6.63. The highest BCUT2D eigenvalue weighted by Crippen LogP contribution is 2.36. The number of nitrogens with zero attached hydrogens (tertiary/aromatic N) is 2. The summed E-state index contributed by atoms with van der Waals surface area (Å²) in [7, 11) is 7.70. The van der Waals surface area contributed by atoms with Gasteiger partial charge in [-0.05, 0) is 38.7 Å². The summed E-state index contributed by atoms with van der Waals surface area (Å²) in [6.45, 7) is 5.48. The van der Waals surface area contributed by atoms with Crippen LogP contribution in [0.3, 0.4) is 0 Å². The summed E-state index contributed by atoms with van der Waals surface area (Å²) in [5, 5.41) is 0. The first kappa shape index (κ1) is 14.2. The van der Waals surface area contributed by atoms with Crippen LogP contribution in [-0.2, 0) is 5.54 Å². The molecule has 106 valence electrons. The van der Waals surface area contributed by atoms with E-state index in [2.05, 4.69) is 43.0 Å². The zero-order chi connectivity index (χ0) is 14.0. The van der Waals surface area contributed by atoms with Gasteiger partial charge in [0.15, 0.2) is 11.5 Å². The molecule has 0 spiro atoms. The van der Waals surface area contributed by atoms with Crippen molar-refractivity contribution in [2.24, 2.45) is 0 Å². The Morgan fingerprint density at radius 1 is 1.05 bits per heavy atom. The topological polar surface area (TPSA) is 24.9 Å². The molecule has 0 radical (unpaired) electrons. The zero-order valence-electron chi connectivity index (χ0n) is 12.6. The molecule has 0 saturated carbocycles. The Morgan fingerprint density at radius 3 is 2.37 bits per heavy atom. The van der Waals surface area contributed by atoms with Gasteiger partial charge in [0, 0.05) is 19.6 Å². The van der Waals surface area contributed by atoms with Crippen LogP contribution in [0.5, 0.6) is 11.5 Å². The molecular weight excluding hydrogens is 240 g/mol. The van der Waals surface area contributed by atoms with E-state index in [4.69, 9.17) is 9.47 Å². The molecule has 1 unspecified atom stereocenters. The van der Waals surface area contributed by atoms with Crippen molar-refractivity contribution < 1.29 is 9.47 Å². The second-order valence-electron chi connectivity index (χ2n) is 5.50. The number of hydrogen-bond acceptors (Lipinski definition) is 4. The van der Waals surface area contributed by atoms with Crippen molar-refractivity contribution in [1.29, 1.82) is 0 Å². The van der Waals surface area contributed by atoms with E-state index in [9.17, 15) is 0 Å². The van der Waals surface area contributed by atoms with Crippen LogP contribution < -0.4 is 9.47 Å². The molecule has 4 nitrogen and oxygen atoms in total. The van der Waals surface area contributed by atoms with E-state index in [-0.39, 0.29) is 5.54 Å². The Hall–Kier alpha value is -1.26. The van der Waals surface area contributed by atoms with Crippen molar-refractivity contribution in [1.82, 2.24) is 9.80 Å². The van der Waals surface area contributed by atoms with Gasteiger partial charge in [0.2, 0.25) is 0 Å². The molecule has 1 aromatic carbocycles. The summed E-state index contributed by atoms with van der Waals surface area (Å²) in [6, 6.07) is 6.22. The fourth-order valence-corrected chi connectivity index (χ4v) is 2.78. The minimum absolute atomic E-state index is 0.00650. The highest BCUT2D eigenvalue weighted by Gasteiger charge is 2.36. The quantitative estimate of drug-likeness (QED) is 0.831. The largest absolute Gasteiger partial charge is 0.493 e. The van der Waals surface area contributed by atoms with Gasteiger partial charge in [-0.2, -0.15) is 0 Å². The van der Waals surface area contributed by atoms with E-state index >= 15 is 0 Å². The first-order chi connectivity index (χ1) is 9.01. The van der Waals surface area contributed by atoms with E-state index in [1.54, 1.807) is 14.2 Å². The number of piperazine rings is 1. The third kappa shape index (κ3) is 2.55. The summed E-state index contributed by atoms with van der Waals surface area (Å²) in [5.41, 5.74) is 1.27. The van der Waals surface area contributed by atoms with Crippen molar-refractivity contribution in [2.75, 3.05) is 47.9 Å². The van der Waals surface area contributed by atoms with Crippen molar-refractivity contribution in [2.45, 2.75) is 12.5 Å². The van der Waals surface area contributed by atoms with Gasteiger partial charge in [-0.3, -0.25) is 4.90 Å². The average Bonchev–Trinajstić information content (AvgIpc) is 2.42. The fourth-order valence-electron chi connectivity index (χ4n) is 2.78. The predicted octanol–water partition coefficient (Wildman–Crippen LogP) is 1.80. The van der Waals surface area contributed by atoms with Crippen LogP contribution in [-0.4, -0.2) is 57.7 Å². The van der Waals surface area contributed by atoms with Crippen LogP contribution in [0.2, 0.25) is 0 Å². The van der Waals surface area contributed by atoms with E-state index in [1.807, 2.05) is 6.07 Å². The Balaban J connectivity index is 2.39. The molecule has 0 N–H and O–H groups in total. The maximum Gasteiger partial charge on any atom is 0.161 e. The Bertz CT molecular complexity index is 450. The van der Waals surface area contributed by atoms with Gasteiger partial charge in [0.1, 0.15) is 0 Å². The molecule has 0 bridgehead atoms. The van der Waals surface area contributed by atoms with Crippen molar-refractivity contribution in [3.63, 3.8) is 0 Å². The van der Waals surface area contributed by atoms with Crippen LogP contribution in [0.25, 0.3) is 0 Å². The van der Waals surface area contributed by atoms with Crippen LogP contribution >= 0.6 is 0 Å². The third-order valence-corrected chi connectivity index (χ3v) is 4.24. The molecule has 1 heterocycles. The van der Waals surface area contributed by atoms with E-state index < -0.39 is 0 Å². The van der Waals surface area contributed by atoms with Crippen molar-refractivity contribution in [3.8, 4) is 11.5 Å². The summed E-state index contributed by atoms with van der Waals surface area (Å²) in [4.78, 5) is 4.78. The molecule has 1 aromatic rings. The van der Waals surface area contributed by atoms with Gasteiger partial charge < -0.3 is 14.4 Å². The smallest absolute Gasteiger partial charge is 0.161 e. The summed E-state index contributed by atoms with van der Waals surface area (Å²) < 4.78 is 10.7. The SMILES string of the molecule is COc1ccc(C2(C)CN(C)CCN2C)cc1OC. The third-order valence-electron chi connectivity index (χ3n) is 4.24. The first-order valence-corrected chi connectivity index (χ1v) is 6.63. The second-order valence-corrected chi connectivity index (χ2v) is 5.50. The molecule has 1 fully saturated rings. The van der Waals surface area contributed by atoms with Crippen LogP contribution in [0, 0.1) is 0 Å². The summed E-state index contributed by atoms with van der Waals surface area (Å²) >= 11 is 0. The summed E-state index contributed by atoms with van der Waals surface area (Å²) in [5.74, 6) is 1.57. The number of benzene rings is 1. The van der Waals surface area contributed by atoms with Crippen LogP contribution in [0.15, 0.2) is 18.2 Å². The summed E-state index contributed by atoms with van der Waals surface area (Å²) in [6.07, 6.45) is 0. The number of likely N-dealkylation sites (N-methyl/N-ethyl adjacent to an activating group) is 2. The number of ether oxygens (including phenoxy) is 2. The van der Waals surface area contributed by atoms with Crippen LogP contribution in [0.1, 0.15) is 12.5 Å². The molecule has 1 aliphatic rings. The minimum atomic E-state index is 0.00650. The van der Waals surface area contributed by atoms with Gasteiger partial charge >= 0.3 is 0 Å². The lowest BCUT2D eigenvalue weighted by Crippen LogP contribution is -2.56. The van der Waals surface area contributed by atoms with Crippen LogP contribution in [0.4, 0.5) is 0 Å². The lowest BCUT2D eigenvalue weighted by Gasteiger charge is -2.46. The molecule has 0 aliphatic carbocycles. The molecule has 4 heteroatoms. The minimum Gasteiger partial charge on any atom is -0.493 e. The van der Waals surface area contributed by atoms with Crippen molar-refractivity contribution >= 4 is 0 Å². The maximum absolute atomic E-state index is 5.42. The van der Waals surface area contributed by atoms with E-state index in [0.29, 0.717) is 0 Å². The highest BCUT2D eigenvalue weighted by atomic mass is 16.5. The normalized spacial score (nSPS) is 25.3. The lowest BCUT2D eigenvalue weighted by atomic mass is 9.88. The Morgan fingerprint density at radius 2 is 1.74 bits per heavy atom. The Labute approximate surface area is 115 Å². The monoisotopic (exact) mass is 264 g/mol. The molecule has 0 aromatic heterocycles. The van der Waals surface area contributed by atoms with Gasteiger partial charge in [-0.25, -0.2) is 0 Å². The standard InChI is InChI=1S/C15H24N2O2/c1-15(11-16(2)8-9-17(15)3)12-6-7-13(18-4)14(10-12)19-5/h6-7,10H,8-9,11H2,1-5H3. The van der Waals surface area contributed by atoms with Gasteiger partial charge in [-0.1, -0.05) is 6.07 Å². The van der Waals surface area contributed by atoms with Gasteiger partial charge in [0.25, 0.3) is 0 Å².